The Morgan fingerprint density at radius 2 is 1.94 bits per heavy atom. The molecule has 0 aliphatic carbocycles. The van der Waals surface area contributed by atoms with Crippen molar-refractivity contribution in [1.82, 2.24) is 9.97 Å². The fraction of sp³-hybridized carbons (Fsp3) is 0.714. The van der Waals surface area contributed by atoms with E-state index in [2.05, 4.69) is 43.0 Å². The maximum atomic E-state index is 4.56. The molecule has 4 heteroatoms. The highest BCUT2D eigenvalue weighted by molar-refractivity contribution is 7.99. The molecule has 0 saturated carbocycles. The molecule has 0 bridgehead atoms. The van der Waals surface area contributed by atoms with Gasteiger partial charge in [0.1, 0.15) is 16.7 Å². The topological polar surface area (TPSA) is 37.8 Å². The molecule has 1 heterocycles. The molecule has 1 atom stereocenters. The second-order valence-corrected chi connectivity index (χ2v) is 5.81. The van der Waals surface area contributed by atoms with Crippen molar-refractivity contribution in [2.75, 3.05) is 17.6 Å². The van der Waals surface area contributed by atoms with E-state index in [-0.39, 0.29) is 0 Å². The summed E-state index contributed by atoms with van der Waals surface area (Å²) in [5.41, 5.74) is 1.18. The molecule has 0 spiro atoms. The van der Waals surface area contributed by atoms with Crippen molar-refractivity contribution >= 4 is 17.6 Å². The van der Waals surface area contributed by atoms with Crippen molar-refractivity contribution in [3.63, 3.8) is 0 Å². The second kappa shape index (κ2) is 7.62. The Kier molecular flexibility index (Phi) is 6.47. The van der Waals surface area contributed by atoms with E-state index >= 15 is 0 Å². The summed E-state index contributed by atoms with van der Waals surface area (Å²) in [7, 11) is 0. The van der Waals surface area contributed by atoms with Crippen LogP contribution in [0.2, 0.25) is 0 Å². The number of rotatable bonds is 7. The number of nitrogens with one attached hydrogen (secondary N) is 1. The molecule has 0 aliphatic heterocycles. The van der Waals surface area contributed by atoms with Gasteiger partial charge in [0, 0.05) is 17.9 Å². The molecule has 18 heavy (non-hydrogen) atoms. The number of aryl methyl sites for hydroxylation is 1. The Morgan fingerprint density at radius 3 is 2.56 bits per heavy atom. The van der Waals surface area contributed by atoms with Gasteiger partial charge in [-0.2, -0.15) is 0 Å². The summed E-state index contributed by atoms with van der Waals surface area (Å²) < 4.78 is 0. The molecule has 1 unspecified atom stereocenters. The third-order valence-electron chi connectivity index (χ3n) is 2.96. The smallest absolute Gasteiger partial charge is 0.133 e. The van der Waals surface area contributed by atoms with Gasteiger partial charge in [-0.05, 0) is 26.2 Å². The third kappa shape index (κ3) is 4.48. The van der Waals surface area contributed by atoms with Gasteiger partial charge in [-0.1, -0.05) is 27.2 Å². The van der Waals surface area contributed by atoms with Gasteiger partial charge in [0.2, 0.25) is 0 Å². The first kappa shape index (κ1) is 15.3. The summed E-state index contributed by atoms with van der Waals surface area (Å²) in [6.45, 7) is 11.7. The van der Waals surface area contributed by atoms with Crippen LogP contribution in [0.1, 0.15) is 45.0 Å². The van der Waals surface area contributed by atoms with Crippen LogP contribution in [0.15, 0.2) is 5.03 Å². The minimum absolute atomic E-state index is 0.733. The number of thioether (sulfide) groups is 1. The fourth-order valence-corrected chi connectivity index (χ4v) is 2.69. The van der Waals surface area contributed by atoms with E-state index in [9.17, 15) is 0 Å². The minimum Gasteiger partial charge on any atom is -0.370 e. The molecule has 1 N–H and O–H groups in total. The molecule has 0 fully saturated rings. The maximum absolute atomic E-state index is 4.56. The molecular weight excluding hydrogens is 242 g/mol. The molecule has 0 aliphatic rings. The summed E-state index contributed by atoms with van der Waals surface area (Å²) in [6, 6.07) is 0. The molecule has 0 saturated heterocycles. The second-order valence-electron chi connectivity index (χ2n) is 4.80. The first-order chi connectivity index (χ1) is 8.58. The van der Waals surface area contributed by atoms with Gasteiger partial charge in [-0.25, -0.2) is 9.97 Å². The van der Waals surface area contributed by atoms with E-state index in [0.29, 0.717) is 0 Å². The number of nitrogens with zero attached hydrogens (tertiary/aromatic N) is 2. The zero-order chi connectivity index (χ0) is 13.5. The van der Waals surface area contributed by atoms with Crippen molar-refractivity contribution in [3.05, 3.63) is 11.4 Å². The van der Waals surface area contributed by atoms with Crippen LogP contribution in [0.3, 0.4) is 0 Å². The van der Waals surface area contributed by atoms with Gasteiger partial charge < -0.3 is 5.32 Å². The normalized spacial score (nSPS) is 12.5. The summed E-state index contributed by atoms with van der Waals surface area (Å²) in [6.07, 6.45) is 2.33. The van der Waals surface area contributed by atoms with Crippen LogP contribution >= 0.6 is 11.8 Å². The van der Waals surface area contributed by atoms with E-state index in [4.69, 9.17) is 0 Å². The molecular formula is C14H25N3S. The largest absolute Gasteiger partial charge is 0.370 e. The predicted octanol–water partition coefficient (Wildman–Crippen LogP) is 4.05. The van der Waals surface area contributed by atoms with Gasteiger partial charge in [0.15, 0.2) is 0 Å². The molecule has 102 valence electrons. The standard InChI is InChI=1S/C14H25N3S/c1-6-8-15-13-11(4)14(17-12(5)16-13)18-9-10(3)7-2/h10H,6-9H2,1-5H3,(H,15,16,17). The summed E-state index contributed by atoms with van der Waals surface area (Å²) in [5, 5.41) is 4.51. The van der Waals surface area contributed by atoms with E-state index in [1.807, 2.05) is 18.7 Å². The van der Waals surface area contributed by atoms with Gasteiger partial charge in [-0.15, -0.1) is 11.8 Å². The summed E-state index contributed by atoms with van der Waals surface area (Å²) in [5.74, 6) is 3.71. The fourth-order valence-electron chi connectivity index (χ4n) is 1.50. The molecule has 3 nitrogen and oxygen atoms in total. The Morgan fingerprint density at radius 1 is 1.22 bits per heavy atom. The van der Waals surface area contributed by atoms with Crippen LogP contribution < -0.4 is 5.32 Å². The molecule has 1 aromatic rings. The lowest BCUT2D eigenvalue weighted by Crippen LogP contribution is -2.08. The number of hydrogen-bond acceptors (Lipinski definition) is 4. The third-order valence-corrected chi connectivity index (χ3v) is 4.36. The average molecular weight is 267 g/mol. The van der Waals surface area contributed by atoms with E-state index in [0.717, 1.165) is 41.3 Å². The van der Waals surface area contributed by atoms with Crippen LogP contribution in [0.4, 0.5) is 5.82 Å². The summed E-state index contributed by atoms with van der Waals surface area (Å²) >= 11 is 1.85. The zero-order valence-corrected chi connectivity index (χ0v) is 13.0. The minimum atomic E-state index is 0.733. The molecule has 0 amide bonds. The van der Waals surface area contributed by atoms with Crippen LogP contribution in [0.25, 0.3) is 0 Å². The van der Waals surface area contributed by atoms with Crippen LogP contribution in [-0.4, -0.2) is 22.3 Å². The Hall–Kier alpha value is -0.770. The van der Waals surface area contributed by atoms with E-state index < -0.39 is 0 Å². The quantitative estimate of drug-likeness (QED) is 0.597. The van der Waals surface area contributed by atoms with E-state index in [1.54, 1.807) is 0 Å². The van der Waals surface area contributed by atoms with Gasteiger partial charge in [0.05, 0.1) is 0 Å². The van der Waals surface area contributed by atoms with E-state index in [1.165, 1.54) is 12.0 Å². The highest BCUT2D eigenvalue weighted by Crippen LogP contribution is 2.27. The average Bonchev–Trinajstić information content (AvgIpc) is 2.37. The Bertz CT molecular complexity index is 380. The first-order valence-electron chi connectivity index (χ1n) is 6.80. The van der Waals surface area contributed by atoms with Crippen molar-refractivity contribution in [1.29, 1.82) is 0 Å². The predicted molar refractivity (Wildman–Crippen MR) is 80.5 cm³/mol. The highest BCUT2D eigenvalue weighted by atomic mass is 32.2. The molecule has 0 aromatic carbocycles. The van der Waals surface area contributed by atoms with Gasteiger partial charge in [-0.3, -0.25) is 0 Å². The maximum Gasteiger partial charge on any atom is 0.133 e. The van der Waals surface area contributed by atoms with Gasteiger partial charge in [0.25, 0.3) is 0 Å². The number of anilines is 1. The van der Waals surface area contributed by atoms with Gasteiger partial charge >= 0.3 is 0 Å². The molecule has 0 radical (unpaired) electrons. The van der Waals surface area contributed by atoms with Crippen LogP contribution in [0, 0.1) is 19.8 Å². The lowest BCUT2D eigenvalue weighted by Gasteiger charge is -2.13. The highest BCUT2D eigenvalue weighted by Gasteiger charge is 2.10. The summed E-state index contributed by atoms with van der Waals surface area (Å²) in [4.78, 5) is 9.04. The number of hydrogen-bond donors (Lipinski definition) is 1. The number of aromatic nitrogens is 2. The Balaban J connectivity index is 2.80. The van der Waals surface area contributed by atoms with Crippen LogP contribution in [-0.2, 0) is 0 Å². The lowest BCUT2D eigenvalue weighted by atomic mass is 10.2. The van der Waals surface area contributed by atoms with Crippen molar-refractivity contribution in [3.8, 4) is 0 Å². The SMILES string of the molecule is CCCNc1nc(C)nc(SCC(C)CC)c1C. The molecule has 1 rings (SSSR count). The first-order valence-corrected chi connectivity index (χ1v) is 7.78. The monoisotopic (exact) mass is 267 g/mol. The Labute approximate surface area is 115 Å². The van der Waals surface area contributed by atoms with Crippen LogP contribution in [0.5, 0.6) is 0 Å². The zero-order valence-electron chi connectivity index (χ0n) is 12.2. The van der Waals surface area contributed by atoms with Crippen molar-refractivity contribution < 1.29 is 0 Å². The molecule has 1 aromatic heterocycles. The van der Waals surface area contributed by atoms with Crippen molar-refractivity contribution in [2.24, 2.45) is 5.92 Å². The lowest BCUT2D eigenvalue weighted by molar-refractivity contribution is 0.636. The van der Waals surface area contributed by atoms with Crippen molar-refractivity contribution in [2.45, 2.75) is 52.5 Å².